The predicted molar refractivity (Wildman–Crippen MR) is 50.9 cm³/mol. The second kappa shape index (κ2) is 2.48. The first-order valence-electron chi connectivity index (χ1n) is 4.74. The molecular formula is C10H15ClO2. The number of ketones is 1. The summed E-state index contributed by atoms with van der Waals surface area (Å²) in [6.45, 7) is 5.83. The highest BCUT2D eigenvalue weighted by atomic mass is 35.5. The Balaban J connectivity index is 2.11. The molecule has 74 valence electrons. The Morgan fingerprint density at radius 1 is 1.62 bits per heavy atom. The first-order chi connectivity index (χ1) is 5.84. The molecule has 0 radical (unpaired) electrons. The number of hydrogen-bond donors (Lipinski definition) is 0. The van der Waals surface area contributed by atoms with E-state index < -0.39 is 5.60 Å². The van der Waals surface area contributed by atoms with E-state index in [0.29, 0.717) is 6.42 Å². The largest absolute Gasteiger partial charge is 0.358 e. The molecule has 2 nitrogen and oxygen atoms in total. The molecule has 0 aromatic heterocycles. The predicted octanol–water partition coefficient (Wildman–Crippen LogP) is 2.14. The van der Waals surface area contributed by atoms with Crippen molar-refractivity contribution in [3.8, 4) is 0 Å². The van der Waals surface area contributed by atoms with Crippen LogP contribution in [0, 0.1) is 5.92 Å². The van der Waals surface area contributed by atoms with Gasteiger partial charge in [-0.15, -0.1) is 11.6 Å². The fourth-order valence-corrected chi connectivity index (χ4v) is 2.24. The summed E-state index contributed by atoms with van der Waals surface area (Å²) in [4.78, 5) is 11.3. The van der Waals surface area contributed by atoms with Crippen molar-refractivity contribution >= 4 is 17.4 Å². The smallest absolute Gasteiger partial charge is 0.167 e. The van der Waals surface area contributed by atoms with Crippen LogP contribution in [0.1, 0.15) is 33.6 Å². The van der Waals surface area contributed by atoms with Crippen molar-refractivity contribution in [2.45, 2.75) is 50.2 Å². The minimum atomic E-state index is -0.446. The van der Waals surface area contributed by atoms with E-state index in [1.807, 2.05) is 20.8 Å². The number of epoxide rings is 1. The molecule has 13 heavy (non-hydrogen) atoms. The molecule has 0 aromatic carbocycles. The number of ether oxygens (including phenoxy) is 1. The van der Waals surface area contributed by atoms with Gasteiger partial charge in [-0.1, -0.05) is 0 Å². The second-order valence-electron chi connectivity index (χ2n) is 4.84. The van der Waals surface area contributed by atoms with Gasteiger partial charge >= 0.3 is 0 Å². The quantitative estimate of drug-likeness (QED) is 0.482. The monoisotopic (exact) mass is 202 g/mol. The van der Waals surface area contributed by atoms with Gasteiger partial charge in [0, 0.05) is 11.3 Å². The number of Topliss-reactive ketones (excluding diaryl/α,β-unsaturated/α-hetero) is 1. The third-order valence-corrected chi connectivity index (χ3v) is 3.71. The van der Waals surface area contributed by atoms with E-state index in [2.05, 4.69) is 0 Å². The number of alkyl halides is 1. The molecule has 1 aliphatic carbocycles. The molecule has 3 heteroatoms. The molecule has 2 rings (SSSR count). The van der Waals surface area contributed by atoms with E-state index in [9.17, 15) is 4.79 Å². The summed E-state index contributed by atoms with van der Waals surface area (Å²) in [7, 11) is 0. The van der Waals surface area contributed by atoms with Gasteiger partial charge in [-0.05, 0) is 33.1 Å². The summed E-state index contributed by atoms with van der Waals surface area (Å²) in [5.41, 5.74) is -0.446. The first-order valence-corrected chi connectivity index (χ1v) is 5.12. The van der Waals surface area contributed by atoms with E-state index in [4.69, 9.17) is 16.3 Å². The van der Waals surface area contributed by atoms with E-state index >= 15 is 0 Å². The molecule has 2 aliphatic rings. The molecule has 0 spiro atoms. The van der Waals surface area contributed by atoms with Crippen molar-refractivity contribution in [3.05, 3.63) is 0 Å². The van der Waals surface area contributed by atoms with E-state index in [1.54, 1.807) is 0 Å². The molecule has 2 fully saturated rings. The summed E-state index contributed by atoms with van der Waals surface area (Å²) < 4.78 is 5.39. The van der Waals surface area contributed by atoms with Crippen LogP contribution in [0.4, 0.5) is 0 Å². The zero-order chi connectivity index (χ0) is 9.85. The number of rotatable bonds is 1. The normalized spacial score (nSPS) is 44.5. The number of fused-ring (bicyclic) bond motifs is 1. The molecular weight excluding hydrogens is 188 g/mol. The maximum absolute atomic E-state index is 11.6. The topological polar surface area (TPSA) is 29.6 Å². The highest BCUT2D eigenvalue weighted by Gasteiger charge is 2.62. The van der Waals surface area contributed by atoms with Crippen LogP contribution in [-0.4, -0.2) is 22.4 Å². The Labute approximate surface area is 83.6 Å². The van der Waals surface area contributed by atoms with Crippen LogP contribution >= 0.6 is 11.6 Å². The average molecular weight is 203 g/mol. The van der Waals surface area contributed by atoms with Crippen LogP contribution in [-0.2, 0) is 9.53 Å². The van der Waals surface area contributed by atoms with Crippen LogP contribution in [0.3, 0.4) is 0 Å². The molecule has 1 heterocycles. The van der Waals surface area contributed by atoms with E-state index in [-0.39, 0.29) is 22.7 Å². The maximum Gasteiger partial charge on any atom is 0.167 e. The summed E-state index contributed by atoms with van der Waals surface area (Å²) in [6, 6.07) is 0. The van der Waals surface area contributed by atoms with E-state index in [1.165, 1.54) is 0 Å². The maximum atomic E-state index is 11.6. The summed E-state index contributed by atoms with van der Waals surface area (Å²) >= 11 is 6.20. The van der Waals surface area contributed by atoms with Crippen molar-refractivity contribution in [2.75, 3.05) is 0 Å². The third-order valence-electron chi connectivity index (χ3n) is 3.40. The standard InChI is InChI=1S/C10H15ClO2/c1-9(2,11)6-4-7(12)10(3)8(5-6)13-10/h6,8H,4-5H2,1-3H3/t6-,8+,10-/m0/s1. The first kappa shape index (κ1) is 9.47. The van der Waals surface area contributed by atoms with Gasteiger partial charge in [-0.3, -0.25) is 4.79 Å². The van der Waals surface area contributed by atoms with Gasteiger partial charge in [0.1, 0.15) is 5.60 Å². The highest BCUT2D eigenvalue weighted by Crippen LogP contribution is 2.50. The lowest BCUT2D eigenvalue weighted by molar-refractivity contribution is -0.125. The lowest BCUT2D eigenvalue weighted by Crippen LogP contribution is -2.38. The third kappa shape index (κ3) is 1.40. The van der Waals surface area contributed by atoms with Crippen molar-refractivity contribution in [1.82, 2.24) is 0 Å². The zero-order valence-corrected chi connectivity index (χ0v) is 9.02. The Bertz CT molecular complexity index is 256. The van der Waals surface area contributed by atoms with Crippen molar-refractivity contribution in [2.24, 2.45) is 5.92 Å². The molecule has 1 saturated carbocycles. The number of carbonyl (C=O) groups is 1. The molecule has 1 saturated heterocycles. The van der Waals surface area contributed by atoms with Gasteiger partial charge in [-0.25, -0.2) is 0 Å². The van der Waals surface area contributed by atoms with Gasteiger partial charge < -0.3 is 4.74 Å². The summed E-state index contributed by atoms with van der Waals surface area (Å²) in [5.74, 6) is 0.490. The minimum Gasteiger partial charge on any atom is -0.358 e. The fourth-order valence-electron chi connectivity index (χ4n) is 2.07. The SMILES string of the molecule is CC(C)(Cl)[C@H]1CC(=O)[C@]2(C)O[C@@H]2C1. The molecule has 1 aliphatic heterocycles. The van der Waals surface area contributed by atoms with Gasteiger partial charge in [0.2, 0.25) is 0 Å². The van der Waals surface area contributed by atoms with Crippen LogP contribution in [0.25, 0.3) is 0 Å². The van der Waals surface area contributed by atoms with Gasteiger partial charge in [-0.2, -0.15) is 0 Å². The van der Waals surface area contributed by atoms with Gasteiger partial charge in [0.05, 0.1) is 6.10 Å². The van der Waals surface area contributed by atoms with Crippen LogP contribution in [0.2, 0.25) is 0 Å². The van der Waals surface area contributed by atoms with Gasteiger partial charge in [0.25, 0.3) is 0 Å². The van der Waals surface area contributed by atoms with Crippen molar-refractivity contribution < 1.29 is 9.53 Å². The molecule has 0 N–H and O–H groups in total. The lowest BCUT2D eigenvalue weighted by Gasteiger charge is -2.30. The summed E-state index contributed by atoms with van der Waals surface area (Å²) in [6.07, 6.45) is 1.64. The molecule has 0 unspecified atom stereocenters. The van der Waals surface area contributed by atoms with Crippen LogP contribution in [0.5, 0.6) is 0 Å². The van der Waals surface area contributed by atoms with E-state index in [0.717, 1.165) is 6.42 Å². The molecule has 3 atom stereocenters. The molecule has 0 aromatic rings. The zero-order valence-electron chi connectivity index (χ0n) is 8.26. The number of halogens is 1. The Hall–Kier alpha value is -0.0800. The van der Waals surface area contributed by atoms with Crippen LogP contribution in [0.15, 0.2) is 0 Å². The van der Waals surface area contributed by atoms with Crippen molar-refractivity contribution in [3.63, 3.8) is 0 Å². The Morgan fingerprint density at radius 2 is 2.23 bits per heavy atom. The Kier molecular flexibility index (Phi) is 1.81. The average Bonchev–Trinajstić information content (AvgIpc) is 2.60. The fraction of sp³-hybridized carbons (Fsp3) is 0.900. The molecule has 0 amide bonds. The second-order valence-corrected chi connectivity index (χ2v) is 5.81. The van der Waals surface area contributed by atoms with Crippen molar-refractivity contribution in [1.29, 1.82) is 0 Å². The lowest BCUT2D eigenvalue weighted by atomic mass is 9.76. The minimum absolute atomic E-state index is 0.136. The number of hydrogen-bond acceptors (Lipinski definition) is 2. The van der Waals surface area contributed by atoms with Crippen LogP contribution < -0.4 is 0 Å². The van der Waals surface area contributed by atoms with Gasteiger partial charge in [0.15, 0.2) is 5.78 Å². The molecule has 0 bridgehead atoms. The Morgan fingerprint density at radius 3 is 2.69 bits per heavy atom. The highest BCUT2D eigenvalue weighted by molar-refractivity contribution is 6.23. The number of carbonyl (C=O) groups excluding carboxylic acids is 1. The summed E-state index contributed by atoms with van der Waals surface area (Å²) in [5, 5.41) is 0.